The number of carboxylic acids is 2. The second-order valence-electron chi connectivity index (χ2n) is 9.42. The zero-order valence-corrected chi connectivity index (χ0v) is 23.4. The second kappa shape index (κ2) is 12.7. The summed E-state index contributed by atoms with van der Waals surface area (Å²) in [7, 11) is 0. The number of hydrogen-bond donors (Lipinski definition) is 4. The summed E-state index contributed by atoms with van der Waals surface area (Å²) in [5.74, 6) is -3.42. The van der Waals surface area contributed by atoms with Gasteiger partial charge >= 0.3 is 11.9 Å². The zero-order chi connectivity index (χ0) is 28.9. The zero-order valence-electron chi connectivity index (χ0n) is 21.1. The lowest BCUT2D eigenvalue weighted by Gasteiger charge is -2.31. The van der Waals surface area contributed by atoms with Crippen LogP contribution in [0.15, 0.2) is 42.5 Å². The smallest absolute Gasteiger partial charge is 0.326 e. The number of carboxylic acid groups (broad SMARTS) is 2. The average Bonchev–Trinajstić information content (AvgIpc) is 3.06. The molecule has 0 spiro atoms. The minimum Gasteiger partial charge on any atom is -0.481 e. The molecular formula is C26H27Cl2N3O7S. The van der Waals surface area contributed by atoms with E-state index in [0.717, 1.165) is 11.8 Å². The number of halogens is 2. The van der Waals surface area contributed by atoms with Crippen LogP contribution in [0.25, 0.3) is 0 Å². The van der Waals surface area contributed by atoms with E-state index in [1.165, 1.54) is 4.90 Å². The normalized spacial score (nSPS) is 17.0. The molecule has 1 aliphatic heterocycles. The van der Waals surface area contributed by atoms with Gasteiger partial charge in [-0.1, -0.05) is 53.2 Å². The predicted molar refractivity (Wildman–Crippen MR) is 149 cm³/mol. The van der Waals surface area contributed by atoms with E-state index in [2.05, 4.69) is 10.6 Å². The lowest BCUT2D eigenvalue weighted by Crippen LogP contribution is -2.56. The Balaban J connectivity index is 1.68. The van der Waals surface area contributed by atoms with Crippen molar-refractivity contribution in [1.29, 1.82) is 0 Å². The molecule has 1 saturated heterocycles. The first-order valence-corrected chi connectivity index (χ1v) is 13.5. The maximum absolute atomic E-state index is 13.2. The number of thioether (sulfide) groups is 1. The molecule has 1 fully saturated rings. The van der Waals surface area contributed by atoms with E-state index in [1.54, 1.807) is 56.3 Å². The van der Waals surface area contributed by atoms with Crippen molar-refractivity contribution in [3.8, 4) is 0 Å². The molecule has 2 aromatic carbocycles. The summed E-state index contributed by atoms with van der Waals surface area (Å²) < 4.78 is -0.849. The van der Waals surface area contributed by atoms with Gasteiger partial charge in [0, 0.05) is 29.8 Å². The SMILES string of the molecule is CC1(C)SC(=O)N(CCCC(=O)O)[C@@H]1C(=O)N[C@@H](Cc1ccc(NC(=O)c2c(Cl)cccc2Cl)cc1)C(=O)O. The van der Waals surface area contributed by atoms with Gasteiger partial charge in [0.25, 0.3) is 11.1 Å². The molecule has 0 bridgehead atoms. The largest absolute Gasteiger partial charge is 0.481 e. The second-order valence-corrected chi connectivity index (χ2v) is 11.8. The van der Waals surface area contributed by atoms with E-state index in [9.17, 15) is 29.1 Å². The molecule has 13 heteroatoms. The number of aliphatic carboxylic acids is 2. The number of rotatable bonds is 11. The molecule has 0 aromatic heterocycles. The first-order valence-electron chi connectivity index (χ1n) is 11.9. The van der Waals surface area contributed by atoms with E-state index < -0.39 is 40.6 Å². The quantitative estimate of drug-likeness (QED) is 0.295. The molecule has 2 aromatic rings. The lowest BCUT2D eigenvalue weighted by atomic mass is 9.99. The summed E-state index contributed by atoms with van der Waals surface area (Å²) in [5, 5.41) is 23.9. The topological polar surface area (TPSA) is 153 Å². The third-order valence-electron chi connectivity index (χ3n) is 6.05. The monoisotopic (exact) mass is 595 g/mol. The van der Waals surface area contributed by atoms with Crippen molar-refractivity contribution < 1.29 is 34.2 Å². The number of hydrogen-bond acceptors (Lipinski definition) is 6. The van der Waals surface area contributed by atoms with Crippen LogP contribution in [0.2, 0.25) is 10.0 Å². The Kier molecular flexibility index (Phi) is 9.87. The molecule has 1 aliphatic rings. The average molecular weight is 596 g/mol. The van der Waals surface area contributed by atoms with Crippen molar-refractivity contribution in [2.24, 2.45) is 0 Å². The van der Waals surface area contributed by atoms with Crippen molar-refractivity contribution >= 4 is 69.6 Å². The Morgan fingerprint density at radius 2 is 1.67 bits per heavy atom. The van der Waals surface area contributed by atoms with Gasteiger partial charge in [0.15, 0.2) is 0 Å². The highest BCUT2D eigenvalue weighted by atomic mass is 35.5. The highest BCUT2D eigenvalue weighted by molar-refractivity contribution is 8.15. The minimum absolute atomic E-state index is 0.0567. The van der Waals surface area contributed by atoms with E-state index in [1.807, 2.05) is 0 Å². The van der Waals surface area contributed by atoms with E-state index in [4.69, 9.17) is 28.3 Å². The molecule has 3 rings (SSSR count). The predicted octanol–water partition coefficient (Wildman–Crippen LogP) is 4.54. The molecule has 3 amide bonds. The fourth-order valence-corrected chi connectivity index (χ4v) is 5.90. The molecule has 208 valence electrons. The van der Waals surface area contributed by atoms with Gasteiger partial charge in [0.1, 0.15) is 12.1 Å². The van der Waals surface area contributed by atoms with Gasteiger partial charge < -0.3 is 25.7 Å². The van der Waals surface area contributed by atoms with Crippen LogP contribution in [0.3, 0.4) is 0 Å². The van der Waals surface area contributed by atoms with Crippen molar-refractivity contribution in [3.63, 3.8) is 0 Å². The molecule has 0 aliphatic carbocycles. The number of benzene rings is 2. The van der Waals surface area contributed by atoms with Crippen LogP contribution in [0.5, 0.6) is 0 Å². The standard InChI is InChI=1S/C26H27Cl2N3O7S/c1-26(2)21(31(25(38)39-26)12-4-7-19(32)33)23(35)30-18(24(36)37)13-14-8-10-15(11-9-14)29-22(34)20-16(27)5-3-6-17(20)28/h3,5-6,8-11,18,21H,4,7,12-13H2,1-2H3,(H,29,34)(H,30,35)(H,32,33)(H,36,37)/t18-,21+/m0/s1. The van der Waals surface area contributed by atoms with Gasteiger partial charge in [-0.15, -0.1) is 0 Å². The molecule has 0 unspecified atom stereocenters. The lowest BCUT2D eigenvalue weighted by molar-refractivity contribution is -0.142. The van der Waals surface area contributed by atoms with Crippen LogP contribution in [0, 0.1) is 0 Å². The van der Waals surface area contributed by atoms with Crippen LogP contribution in [0.1, 0.15) is 42.6 Å². The van der Waals surface area contributed by atoms with Gasteiger partial charge in [-0.2, -0.15) is 0 Å². The maximum atomic E-state index is 13.2. The minimum atomic E-state index is -1.29. The molecule has 0 radical (unpaired) electrons. The first kappa shape index (κ1) is 30.3. The van der Waals surface area contributed by atoms with E-state index in [0.29, 0.717) is 11.3 Å². The molecular weight excluding hydrogens is 569 g/mol. The molecule has 1 heterocycles. The number of anilines is 1. The van der Waals surface area contributed by atoms with Crippen LogP contribution in [-0.4, -0.2) is 67.5 Å². The van der Waals surface area contributed by atoms with Gasteiger partial charge in [-0.25, -0.2) is 4.79 Å². The Labute approximate surface area is 239 Å². The van der Waals surface area contributed by atoms with Gasteiger partial charge in [0.2, 0.25) is 5.91 Å². The molecule has 4 N–H and O–H groups in total. The Morgan fingerprint density at radius 3 is 2.23 bits per heavy atom. The number of nitrogens with one attached hydrogen (secondary N) is 2. The Morgan fingerprint density at radius 1 is 1.05 bits per heavy atom. The fourth-order valence-electron chi connectivity index (χ4n) is 4.22. The molecule has 2 atom stereocenters. The number of carbonyl (C=O) groups is 5. The number of amides is 3. The van der Waals surface area contributed by atoms with Crippen molar-refractivity contribution in [2.75, 3.05) is 11.9 Å². The Bertz CT molecular complexity index is 1270. The summed E-state index contributed by atoms with van der Waals surface area (Å²) >= 11 is 13.1. The van der Waals surface area contributed by atoms with Crippen molar-refractivity contribution in [2.45, 2.75) is 49.9 Å². The third kappa shape index (κ3) is 7.65. The summed E-state index contributed by atoms with van der Waals surface area (Å²) in [6.45, 7) is 3.47. The highest BCUT2D eigenvalue weighted by Crippen LogP contribution is 2.41. The number of nitrogens with zero attached hydrogens (tertiary/aromatic N) is 1. The summed E-state index contributed by atoms with van der Waals surface area (Å²) in [6.07, 6.45) is -0.0584. The molecule has 10 nitrogen and oxygen atoms in total. The molecule has 0 saturated carbocycles. The van der Waals surface area contributed by atoms with Crippen molar-refractivity contribution in [1.82, 2.24) is 10.2 Å². The maximum Gasteiger partial charge on any atom is 0.326 e. The van der Waals surface area contributed by atoms with Gasteiger partial charge in [-0.3, -0.25) is 19.2 Å². The van der Waals surface area contributed by atoms with Gasteiger partial charge in [0.05, 0.1) is 15.6 Å². The van der Waals surface area contributed by atoms with E-state index >= 15 is 0 Å². The fraction of sp³-hybridized carbons (Fsp3) is 0.346. The van der Waals surface area contributed by atoms with E-state index in [-0.39, 0.29) is 46.7 Å². The van der Waals surface area contributed by atoms with Crippen LogP contribution in [-0.2, 0) is 20.8 Å². The summed E-state index contributed by atoms with van der Waals surface area (Å²) in [5.41, 5.74) is 1.13. The summed E-state index contributed by atoms with van der Waals surface area (Å²) in [4.78, 5) is 62.5. The first-order chi connectivity index (χ1) is 18.3. The molecule has 39 heavy (non-hydrogen) atoms. The summed E-state index contributed by atoms with van der Waals surface area (Å²) in [6, 6.07) is 8.83. The Hall–Kier alpha value is -3.28. The van der Waals surface area contributed by atoms with Crippen LogP contribution in [0.4, 0.5) is 10.5 Å². The van der Waals surface area contributed by atoms with Crippen molar-refractivity contribution in [3.05, 3.63) is 63.6 Å². The highest BCUT2D eigenvalue weighted by Gasteiger charge is 2.50. The third-order valence-corrected chi connectivity index (χ3v) is 7.84. The van der Waals surface area contributed by atoms with Crippen LogP contribution < -0.4 is 10.6 Å². The van der Waals surface area contributed by atoms with Crippen LogP contribution >= 0.6 is 35.0 Å². The van der Waals surface area contributed by atoms with Gasteiger partial charge in [-0.05, 0) is 50.1 Å². The number of carbonyl (C=O) groups excluding carboxylic acids is 3.